The van der Waals surface area contributed by atoms with Crippen molar-refractivity contribution in [3.63, 3.8) is 0 Å². The fourth-order valence-electron chi connectivity index (χ4n) is 4.36. The Morgan fingerprint density at radius 3 is 2.80 bits per heavy atom. The van der Waals surface area contributed by atoms with E-state index < -0.39 is 0 Å². The Kier molecular flexibility index (Phi) is 2.06. The molecule has 6 unspecified atom stereocenters. The summed E-state index contributed by atoms with van der Waals surface area (Å²) in [5, 5.41) is 9.93. The Bertz CT molecular complexity index is 289. The third-order valence-electron chi connectivity index (χ3n) is 4.74. The predicted octanol–water partition coefficient (Wildman–Crippen LogP) is 1.34. The van der Waals surface area contributed by atoms with Crippen molar-refractivity contribution in [2.45, 2.75) is 44.8 Å². The van der Waals surface area contributed by atoms with E-state index in [1.807, 2.05) is 0 Å². The molecule has 0 radical (unpaired) electrons. The van der Waals surface area contributed by atoms with Crippen LogP contribution in [-0.4, -0.2) is 23.3 Å². The molecule has 0 amide bonds. The van der Waals surface area contributed by atoms with Gasteiger partial charge in [-0.05, 0) is 43.4 Å². The molecule has 0 heterocycles. The van der Waals surface area contributed by atoms with E-state index in [2.05, 4.69) is 0 Å². The molecule has 0 aromatic carbocycles. The molecule has 3 aliphatic rings. The fraction of sp³-hybridized carbons (Fsp3) is 0.917. The van der Waals surface area contributed by atoms with Gasteiger partial charge in [-0.15, -0.1) is 0 Å². The third-order valence-corrected chi connectivity index (χ3v) is 4.74. The van der Waals surface area contributed by atoms with E-state index >= 15 is 0 Å². The van der Waals surface area contributed by atoms with Crippen LogP contribution in [0.25, 0.3) is 0 Å². The van der Waals surface area contributed by atoms with Crippen molar-refractivity contribution in [3.05, 3.63) is 0 Å². The second kappa shape index (κ2) is 3.21. The molecule has 15 heavy (non-hydrogen) atoms. The molecule has 3 heteroatoms. The van der Waals surface area contributed by atoms with Crippen LogP contribution < -0.4 is 0 Å². The van der Waals surface area contributed by atoms with Crippen molar-refractivity contribution in [2.75, 3.05) is 0 Å². The summed E-state index contributed by atoms with van der Waals surface area (Å²) in [6.07, 6.45) is 4.31. The fourth-order valence-corrected chi connectivity index (χ4v) is 4.36. The van der Waals surface area contributed by atoms with Crippen LogP contribution in [0.2, 0.25) is 0 Å². The summed E-state index contributed by atoms with van der Waals surface area (Å²) in [5.74, 6) is 2.13. The van der Waals surface area contributed by atoms with Crippen molar-refractivity contribution in [1.82, 2.24) is 0 Å². The van der Waals surface area contributed by atoms with Gasteiger partial charge in [-0.3, -0.25) is 4.79 Å². The predicted molar refractivity (Wildman–Crippen MR) is 54.0 cm³/mol. The highest BCUT2D eigenvalue weighted by Crippen LogP contribution is 2.59. The number of rotatable bonds is 1. The minimum absolute atomic E-state index is 0.0986. The molecule has 0 aromatic rings. The zero-order valence-corrected chi connectivity index (χ0v) is 9.06. The maximum Gasteiger partial charge on any atom is 0.302 e. The smallest absolute Gasteiger partial charge is 0.302 e. The second-order valence-corrected chi connectivity index (χ2v) is 5.43. The summed E-state index contributed by atoms with van der Waals surface area (Å²) in [6.45, 7) is 1.48. The molecule has 0 saturated heterocycles. The van der Waals surface area contributed by atoms with Gasteiger partial charge in [-0.2, -0.15) is 0 Å². The number of esters is 1. The highest BCUT2D eigenvalue weighted by molar-refractivity contribution is 5.66. The molecular weight excluding hydrogens is 192 g/mol. The Balaban J connectivity index is 1.76. The summed E-state index contributed by atoms with van der Waals surface area (Å²) in [6, 6.07) is 0. The molecule has 0 aliphatic heterocycles. The van der Waals surface area contributed by atoms with Gasteiger partial charge in [0.25, 0.3) is 0 Å². The molecule has 3 nitrogen and oxygen atoms in total. The Morgan fingerprint density at radius 2 is 2.07 bits per heavy atom. The van der Waals surface area contributed by atoms with E-state index in [-0.39, 0.29) is 18.2 Å². The van der Waals surface area contributed by atoms with Crippen LogP contribution in [0.4, 0.5) is 0 Å². The molecule has 0 aromatic heterocycles. The Hall–Kier alpha value is -0.570. The van der Waals surface area contributed by atoms with Gasteiger partial charge in [0, 0.05) is 12.8 Å². The molecule has 3 aliphatic carbocycles. The summed E-state index contributed by atoms with van der Waals surface area (Å²) in [5.41, 5.74) is 0. The minimum atomic E-state index is -0.170. The first kappa shape index (κ1) is 9.64. The van der Waals surface area contributed by atoms with Crippen molar-refractivity contribution in [3.8, 4) is 0 Å². The normalized spacial score (nSPS) is 51.9. The van der Waals surface area contributed by atoms with Gasteiger partial charge in [0.15, 0.2) is 0 Å². The van der Waals surface area contributed by atoms with Crippen molar-refractivity contribution in [2.24, 2.45) is 23.7 Å². The highest BCUT2D eigenvalue weighted by atomic mass is 16.5. The topological polar surface area (TPSA) is 46.5 Å². The number of carbonyl (C=O) groups excluding carboxylic acids is 1. The van der Waals surface area contributed by atoms with Gasteiger partial charge in [-0.25, -0.2) is 0 Å². The molecule has 84 valence electrons. The average Bonchev–Trinajstić information content (AvgIpc) is 2.77. The first-order chi connectivity index (χ1) is 7.16. The lowest BCUT2D eigenvalue weighted by molar-refractivity contribution is -0.151. The maximum absolute atomic E-state index is 11.0. The van der Waals surface area contributed by atoms with Crippen LogP contribution in [0.15, 0.2) is 0 Å². The molecule has 3 rings (SSSR count). The number of ether oxygens (including phenoxy) is 1. The van der Waals surface area contributed by atoms with E-state index in [0.717, 1.165) is 18.8 Å². The Labute approximate surface area is 89.8 Å². The van der Waals surface area contributed by atoms with Crippen LogP contribution >= 0.6 is 0 Å². The van der Waals surface area contributed by atoms with Crippen molar-refractivity contribution < 1.29 is 14.6 Å². The van der Waals surface area contributed by atoms with Gasteiger partial charge < -0.3 is 9.84 Å². The highest BCUT2D eigenvalue weighted by Gasteiger charge is 2.58. The lowest BCUT2D eigenvalue weighted by atomic mass is 9.79. The van der Waals surface area contributed by atoms with E-state index in [4.69, 9.17) is 4.74 Å². The zero-order valence-electron chi connectivity index (χ0n) is 9.06. The van der Waals surface area contributed by atoms with E-state index in [0.29, 0.717) is 17.8 Å². The molecule has 0 spiro atoms. The van der Waals surface area contributed by atoms with Crippen LogP contribution in [0.3, 0.4) is 0 Å². The third kappa shape index (κ3) is 1.32. The molecule has 2 bridgehead atoms. The minimum Gasteiger partial charge on any atom is -0.462 e. The van der Waals surface area contributed by atoms with Crippen LogP contribution in [0.1, 0.15) is 32.6 Å². The molecule has 3 saturated carbocycles. The van der Waals surface area contributed by atoms with Gasteiger partial charge in [0.1, 0.15) is 6.10 Å². The molecular formula is C12H18O3. The zero-order chi connectivity index (χ0) is 10.6. The van der Waals surface area contributed by atoms with Crippen molar-refractivity contribution >= 4 is 5.97 Å². The molecule has 1 N–H and O–H groups in total. The lowest BCUT2D eigenvalue weighted by Gasteiger charge is -2.32. The van der Waals surface area contributed by atoms with Gasteiger partial charge in [0.05, 0.1) is 6.10 Å². The number of carbonyl (C=O) groups is 1. The number of aliphatic hydroxyl groups is 1. The standard InChI is InChI=1S/C12H18O3/c1-6(13)15-11-5-7-4-9(11)12-8(7)2-3-10(12)14/h7-12,14H,2-5H2,1H3. The maximum atomic E-state index is 11.0. The van der Waals surface area contributed by atoms with Crippen LogP contribution in [0, 0.1) is 23.7 Å². The number of hydrogen-bond donors (Lipinski definition) is 1. The second-order valence-electron chi connectivity index (χ2n) is 5.43. The number of fused-ring (bicyclic) bond motifs is 5. The summed E-state index contributed by atoms with van der Waals surface area (Å²) in [4.78, 5) is 11.0. The van der Waals surface area contributed by atoms with E-state index in [9.17, 15) is 9.90 Å². The quantitative estimate of drug-likeness (QED) is 0.664. The molecule has 6 atom stereocenters. The number of hydrogen-bond acceptors (Lipinski definition) is 3. The lowest BCUT2D eigenvalue weighted by Crippen LogP contribution is -2.35. The first-order valence-corrected chi connectivity index (χ1v) is 6.02. The summed E-state index contributed by atoms with van der Waals surface area (Å²) in [7, 11) is 0. The molecule has 3 fully saturated rings. The SMILES string of the molecule is CC(=O)OC1CC2CC1C1C(O)CCC21. The van der Waals surface area contributed by atoms with Gasteiger partial charge >= 0.3 is 5.97 Å². The first-order valence-electron chi connectivity index (χ1n) is 6.02. The average molecular weight is 210 g/mol. The van der Waals surface area contributed by atoms with Gasteiger partial charge in [0.2, 0.25) is 0 Å². The largest absolute Gasteiger partial charge is 0.462 e. The van der Waals surface area contributed by atoms with Crippen molar-refractivity contribution in [1.29, 1.82) is 0 Å². The van der Waals surface area contributed by atoms with Gasteiger partial charge in [-0.1, -0.05) is 0 Å². The van der Waals surface area contributed by atoms with Crippen LogP contribution in [0.5, 0.6) is 0 Å². The monoisotopic (exact) mass is 210 g/mol. The summed E-state index contributed by atoms with van der Waals surface area (Å²) >= 11 is 0. The van der Waals surface area contributed by atoms with Crippen LogP contribution in [-0.2, 0) is 9.53 Å². The number of aliphatic hydroxyl groups excluding tert-OH is 1. The van der Waals surface area contributed by atoms with E-state index in [1.165, 1.54) is 19.8 Å². The Morgan fingerprint density at radius 1 is 1.27 bits per heavy atom. The summed E-state index contributed by atoms with van der Waals surface area (Å²) < 4.78 is 5.35. The van der Waals surface area contributed by atoms with E-state index in [1.54, 1.807) is 0 Å².